The van der Waals surface area contributed by atoms with Crippen LogP contribution in [0.2, 0.25) is 61.8 Å². The van der Waals surface area contributed by atoms with Gasteiger partial charge in [-0.25, -0.2) is 59.8 Å². The van der Waals surface area contributed by atoms with Gasteiger partial charge in [0.15, 0.2) is 0 Å². The molecule has 0 aromatic carbocycles. The summed E-state index contributed by atoms with van der Waals surface area (Å²) < 4.78 is 46.8. The highest BCUT2D eigenvalue weighted by Crippen LogP contribution is 2.40. The van der Waals surface area contributed by atoms with Crippen molar-refractivity contribution in [3.63, 3.8) is 0 Å². The summed E-state index contributed by atoms with van der Waals surface area (Å²) in [6.07, 6.45) is 11.8. The molecule has 15 aromatic heterocycles. The molecule has 29 nitrogen and oxygen atoms in total. The molecule has 15 rings (SSSR count). The molecule has 0 aliphatic rings. The Bertz CT molecular complexity index is 5920. The maximum atomic E-state index is 8.68. The Morgan fingerprint density at radius 2 is 0.957 bits per heavy atom. The summed E-state index contributed by atoms with van der Waals surface area (Å²) in [7, 11) is 8.24. The highest BCUT2D eigenvalue weighted by molar-refractivity contribution is 14.1. The fraction of sp³-hybridized carbons (Fsp3) is 0.178. The molecular formula is C73H70BBr4Cl7IN19O10Si. The first kappa shape index (κ1) is 93.3. The highest BCUT2D eigenvalue weighted by Gasteiger charge is 2.20. The molecule has 12 N–H and O–H groups in total. The van der Waals surface area contributed by atoms with E-state index < -0.39 is 15.2 Å². The highest BCUT2D eigenvalue weighted by atomic mass is 127. The van der Waals surface area contributed by atoms with Gasteiger partial charge in [0.2, 0.25) is 41.2 Å². The molecule has 0 bridgehead atoms. The maximum absolute atomic E-state index is 8.68. The SMILES string of the molecule is COc1cc(N)ccn1.COc1cc2[nH]c3nc(Cl)ccc3c2cn1.COc1cc2c(cn1)c1ccc(Cl)nc1n2COCC[Si](C)(C)C.COc1ncc(-c2ccc(Cl)nc2Cl)c(N)c1Br.COc1ncc(I)c(N)c1Br.COc1ncc2c([nH]c3nc(Cl)ccc32)c1Br.COc1nccc(N)c1Br.OB(O)c1ccc(Cl)nc1Cl. The summed E-state index contributed by atoms with van der Waals surface area (Å²) >= 11 is 55.9. The largest absolute Gasteiger partial charge is 0.491 e. The molecule has 0 aliphatic carbocycles. The first-order valence-corrected chi connectivity index (χ1v) is 43.9. The molecule has 15 aromatic rings. The van der Waals surface area contributed by atoms with Gasteiger partial charge in [0.05, 0.1) is 87.0 Å². The number of nitrogens with two attached hydrogens (primary N) is 4. The Morgan fingerprint density at radius 3 is 1.53 bits per heavy atom. The van der Waals surface area contributed by atoms with E-state index in [4.69, 9.17) is 152 Å². The molecule has 0 aliphatic heterocycles. The third-order valence-corrected chi connectivity index (χ3v) is 23.0. The summed E-state index contributed by atoms with van der Waals surface area (Å²) in [6.45, 7) is 8.21. The molecule has 0 unspecified atom stereocenters. The van der Waals surface area contributed by atoms with Crippen LogP contribution in [0.3, 0.4) is 0 Å². The van der Waals surface area contributed by atoms with E-state index in [1.54, 1.807) is 128 Å². The summed E-state index contributed by atoms with van der Waals surface area (Å²) in [5.74, 6) is 3.67. The lowest BCUT2D eigenvalue weighted by Crippen LogP contribution is -2.31. The third-order valence-electron chi connectivity index (χ3n) is 15.7. The second kappa shape index (κ2) is 44.0. The zero-order chi connectivity index (χ0) is 84.8. The smallest absolute Gasteiger partial charge is 0.481 e. The van der Waals surface area contributed by atoms with E-state index in [1.807, 2.05) is 41.1 Å². The molecule has 43 heteroatoms. The topological polar surface area (TPSA) is 410 Å². The Balaban J connectivity index is 0.000000169. The number of aromatic amines is 2. The van der Waals surface area contributed by atoms with Crippen LogP contribution in [0.1, 0.15) is 0 Å². The first-order valence-electron chi connectivity index (χ1n) is 33.3. The minimum absolute atomic E-state index is 0.00694. The van der Waals surface area contributed by atoms with Crippen LogP contribution in [0.4, 0.5) is 22.7 Å². The molecule has 0 atom stereocenters. The molecule has 0 saturated carbocycles. The molecule has 0 radical (unpaired) electrons. The van der Waals surface area contributed by atoms with Crippen LogP contribution in [0, 0.1) is 3.57 Å². The van der Waals surface area contributed by atoms with Gasteiger partial charge in [-0.3, -0.25) is 0 Å². The van der Waals surface area contributed by atoms with Crippen molar-refractivity contribution < 1.29 is 47.9 Å². The second-order valence-electron chi connectivity index (χ2n) is 24.4. The number of ether oxygens (including phenoxy) is 8. The average molecular weight is 2110 g/mol. The summed E-state index contributed by atoms with van der Waals surface area (Å²) in [5.41, 5.74) is 31.7. The minimum Gasteiger partial charge on any atom is -0.481 e. The molecule has 15 heterocycles. The Kier molecular flexibility index (Phi) is 35.4. The monoisotopic (exact) mass is 2100 g/mol. The lowest BCUT2D eigenvalue weighted by Gasteiger charge is -2.16. The van der Waals surface area contributed by atoms with Crippen molar-refractivity contribution in [3.05, 3.63) is 192 Å². The van der Waals surface area contributed by atoms with E-state index in [2.05, 4.69) is 176 Å². The number of nitrogen functional groups attached to an aromatic ring is 4. The minimum atomic E-state index is -1.60. The zero-order valence-corrected chi connectivity index (χ0v) is 77.5. The number of rotatable bonds is 14. The van der Waals surface area contributed by atoms with E-state index in [9.17, 15) is 0 Å². The number of H-pyrrole nitrogens is 2. The van der Waals surface area contributed by atoms with Crippen LogP contribution in [0.25, 0.3) is 76.9 Å². The van der Waals surface area contributed by atoms with Gasteiger partial charge < -0.3 is 85.4 Å². The van der Waals surface area contributed by atoms with Crippen LogP contribution in [0.15, 0.2) is 152 Å². The van der Waals surface area contributed by atoms with Crippen molar-refractivity contribution in [3.8, 4) is 52.3 Å². The number of hydrogen-bond donors (Lipinski definition) is 8. The van der Waals surface area contributed by atoms with E-state index in [0.717, 1.165) is 86.5 Å². The average Bonchev–Trinajstić information content (AvgIpc) is 1.61. The molecule has 0 spiro atoms. The third kappa shape index (κ3) is 25.0. The normalized spacial score (nSPS) is 10.7. The molecule has 116 heavy (non-hydrogen) atoms. The van der Waals surface area contributed by atoms with Gasteiger partial charge in [0.25, 0.3) is 0 Å². The molecule has 0 amide bonds. The Morgan fingerprint density at radius 1 is 0.466 bits per heavy atom. The van der Waals surface area contributed by atoms with E-state index in [-0.39, 0.29) is 20.9 Å². The lowest BCUT2D eigenvalue weighted by atomic mass is 9.82. The summed E-state index contributed by atoms with van der Waals surface area (Å²) in [5, 5.41) is 25.6. The number of aromatic nitrogens is 15. The number of methoxy groups -OCH3 is 7. The number of fused-ring (bicyclic) bond motifs is 9. The molecule has 0 fully saturated rings. The van der Waals surface area contributed by atoms with Gasteiger partial charge in [0.1, 0.15) is 77.6 Å². The molecule has 608 valence electrons. The quantitative estimate of drug-likeness (QED) is 0.0217. The van der Waals surface area contributed by atoms with Crippen LogP contribution >= 0.6 is 168 Å². The fourth-order valence-corrected chi connectivity index (χ4v) is 14.7. The first-order chi connectivity index (χ1) is 55.3. The van der Waals surface area contributed by atoms with Crippen molar-refractivity contribution in [1.82, 2.24) is 74.3 Å². The van der Waals surface area contributed by atoms with Crippen LogP contribution in [0.5, 0.6) is 41.2 Å². The zero-order valence-electron chi connectivity index (χ0n) is 62.7. The van der Waals surface area contributed by atoms with Crippen molar-refractivity contribution in [2.24, 2.45) is 0 Å². The van der Waals surface area contributed by atoms with Crippen LogP contribution in [-0.2, 0) is 11.5 Å². The number of hydrogen-bond acceptors (Lipinski definition) is 26. The number of nitrogens with zero attached hydrogens (tertiary/aromatic N) is 13. The van der Waals surface area contributed by atoms with E-state index in [1.165, 1.54) is 19.2 Å². The van der Waals surface area contributed by atoms with Crippen molar-refractivity contribution in [2.45, 2.75) is 32.4 Å². The van der Waals surface area contributed by atoms with Crippen molar-refractivity contribution in [2.75, 3.05) is 79.3 Å². The molecular weight excluding hydrogens is 2040 g/mol. The Labute approximate surface area is 747 Å². The van der Waals surface area contributed by atoms with Crippen LogP contribution in [-0.4, -0.2) is 156 Å². The Hall–Kier alpha value is -8.16. The predicted molar refractivity (Wildman–Crippen MR) is 488 cm³/mol. The van der Waals surface area contributed by atoms with Gasteiger partial charge >= 0.3 is 7.12 Å². The van der Waals surface area contributed by atoms with E-state index in [0.29, 0.717) is 116 Å². The predicted octanol–water partition coefficient (Wildman–Crippen LogP) is 18.9. The van der Waals surface area contributed by atoms with Gasteiger partial charge in [-0.2, -0.15) is 0 Å². The van der Waals surface area contributed by atoms with Crippen molar-refractivity contribution in [1.29, 1.82) is 0 Å². The number of pyridine rings is 12. The van der Waals surface area contributed by atoms with Gasteiger partial charge in [0, 0.05) is 131 Å². The summed E-state index contributed by atoms with van der Waals surface area (Å²) in [4.78, 5) is 55.5. The summed E-state index contributed by atoms with van der Waals surface area (Å²) in [6, 6.07) is 27.3. The molecule has 0 saturated heterocycles. The van der Waals surface area contributed by atoms with E-state index >= 15 is 0 Å². The van der Waals surface area contributed by atoms with Crippen molar-refractivity contribution >= 4 is 277 Å². The van der Waals surface area contributed by atoms with Crippen LogP contribution < -0.4 is 61.6 Å². The number of anilines is 4. The van der Waals surface area contributed by atoms with Gasteiger partial charge in [-0.05, 0) is 159 Å². The number of halogens is 12. The second-order valence-corrected chi connectivity index (χ2v) is 37.1. The van der Waals surface area contributed by atoms with Gasteiger partial charge in [-0.1, -0.05) is 107 Å². The number of nitrogens with one attached hydrogen (secondary N) is 2. The lowest BCUT2D eigenvalue weighted by molar-refractivity contribution is 0.0925. The van der Waals surface area contributed by atoms with Gasteiger partial charge in [-0.15, -0.1) is 0 Å². The fourth-order valence-electron chi connectivity index (χ4n) is 9.92. The standard InChI is InChI=1S/C17H22ClN3O2Si.C11H8BrCl2N3O.C11H7BrClN3O.C11H8ClN3O.C6H6BrIN2O.C6H7BrN2O.C6H8N2O.C5H4BCl2NO2/c1-22-16-9-14-13(10-19-16)12-5-6-15(18)20-17(12)21(14)11-23-7-8-24(2,3)4;1-18-11-8(12)9(15)6(4-16-11)5-2-3-7(13)17-10(5)14;1-17-11-8(12)9-6(4-14-11)5-2-3-7(13)15-10(5)16-9;1-16-10-4-8-7(5-13-10)6-2-3-9(12)15-11(6)14-8;1-11-6-4(7)5(9)3(8)2-10-6;1-10-6-5(7)4(8)2-3-9-6;1-9-6-4-5(7)2-3-8-6;7-4-2-1-3(6(10)11)5(8)9-4/h5-6,9-10H,7-8,11H2,1-4H3;2-4H,1H3,(H2,15,16);2-4H,1H3,(H,15,16);2-5H,1H3,(H,14,15);2H,1H3,(H2,9,10);2-3H,1H3,(H2,8,9);2-4H,1H3,(H2,7,8);1-2,10-11H. The maximum Gasteiger partial charge on any atom is 0.491 e.